The molecule has 0 aromatic heterocycles. The van der Waals surface area contributed by atoms with E-state index >= 15 is 0 Å². The standard InChI is InChI=1S/C66H83N9O11S2/c1-4-85-51-30-28-47(29-31-51)37-52(71-57(77)39-66(32-18-9-19-33-66)88-43-50-26-16-8-17-27-50)61(80)72-53(36-46-20-10-5-11-21-46)63(82)75-59(45(2)3)64(83)73-54(38-56(67)76)62(81)74-55(44-87-42-49-24-14-7-15-25-49)60(79)69-35-34-68-58(78)40-70-65(84)86-41-48-22-12-6-13-23-48/h5-8,10-17,20-31,45,52-55,59H,4,9,18-19,32-44H2,1-3H3,(H2,67,76)(H,68,78)(H,69,79)(H,70,84)(H,71,77)(H,72,80)(H,73,83)(H,74,81)(H,75,82)/t52-,53+,54+,55+,59+/m1/s1. The van der Waals surface area contributed by atoms with Gasteiger partial charge in [0.1, 0.15) is 42.6 Å². The van der Waals surface area contributed by atoms with Crippen molar-refractivity contribution in [2.24, 2.45) is 11.7 Å². The van der Waals surface area contributed by atoms with Gasteiger partial charge in [0.05, 0.1) is 19.6 Å². The van der Waals surface area contributed by atoms with Gasteiger partial charge in [-0.1, -0.05) is 167 Å². The minimum absolute atomic E-state index is 0.0121. The molecule has 20 nitrogen and oxygen atoms in total. The zero-order chi connectivity index (χ0) is 63.1. The molecule has 5 aromatic carbocycles. The van der Waals surface area contributed by atoms with Crippen LogP contribution in [0, 0.1) is 5.92 Å². The van der Waals surface area contributed by atoms with E-state index in [1.54, 1.807) is 86.3 Å². The second-order valence-corrected chi connectivity index (χ2v) is 24.4. The van der Waals surface area contributed by atoms with Crippen molar-refractivity contribution in [3.8, 4) is 5.75 Å². The Labute approximate surface area is 523 Å². The monoisotopic (exact) mass is 1240 g/mol. The molecular weight excluding hydrogens is 1160 g/mol. The average molecular weight is 1240 g/mol. The molecule has 88 heavy (non-hydrogen) atoms. The summed E-state index contributed by atoms with van der Waals surface area (Å²) in [5.74, 6) is -4.32. The van der Waals surface area contributed by atoms with E-state index in [1.165, 1.54) is 11.8 Å². The number of alkyl carbamates (subject to hydrolysis) is 1. The van der Waals surface area contributed by atoms with Crippen LogP contribution in [0.1, 0.15) is 93.5 Å². The van der Waals surface area contributed by atoms with Gasteiger partial charge in [-0.15, -0.1) is 11.8 Å². The average Bonchev–Trinajstić information content (AvgIpc) is 3.55. The van der Waals surface area contributed by atoms with E-state index in [0.29, 0.717) is 23.7 Å². The highest BCUT2D eigenvalue weighted by molar-refractivity contribution is 8.00. The van der Waals surface area contributed by atoms with Gasteiger partial charge >= 0.3 is 6.09 Å². The molecule has 0 unspecified atom stereocenters. The first-order valence-corrected chi connectivity index (χ1v) is 32.0. The number of thioether (sulfide) groups is 2. The lowest BCUT2D eigenvalue weighted by atomic mass is 9.85. The Morgan fingerprint density at radius 2 is 1.03 bits per heavy atom. The number of primary amides is 1. The van der Waals surface area contributed by atoms with E-state index in [9.17, 15) is 43.2 Å². The van der Waals surface area contributed by atoms with Gasteiger partial charge in [0.15, 0.2) is 0 Å². The van der Waals surface area contributed by atoms with Crippen molar-refractivity contribution in [2.75, 3.05) is 32.0 Å². The highest BCUT2D eigenvalue weighted by Gasteiger charge is 2.38. The molecule has 0 bridgehead atoms. The Kier molecular flexibility index (Phi) is 28.7. The Morgan fingerprint density at radius 3 is 1.62 bits per heavy atom. The fourth-order valence-corrected chi connectivity index (χ4v) is 12.4. The smallest absolute Gasteiger partial charge is 0.407 e. The van der Waals surface area contributed by atoms with Crippen LogP contribution in [0.2, 0.25) is 0 Å². The van der Waals surface area contributed by atoms with E-state index in [0.717, 1.165) is 60.1 Å². The molecule has 1 saturated carbocycles. The summed E-state index contributed by atoms with van der Waals surface area (Å²) >= 11 is 3.11. The van der Waals surface area contributed by atoms with Crippen LogP contribution >= 0.6 is 23.5 Å². The maximum absolute atomic E-state index is 14.8. The minimum atomic E-state index is -1.61. The summed E-state index contributed by atoms with van der Waals surface area (Å²) < 4.78 is 10.5. The highest BCUT2D eigenvalue weighted by Crippen LogP contribution is 2.44. The van der Waals surface area contributed by atoms with Gasteiger partial charge in [-0.05, 0) is 65.6 Å². The first-order valence-electron chi connectivity index (χ1n) is 29.8. The van der Waals surface area contributed by atoms with Gasteiger partial charge in [0.2, 0.25) is 47.3 Å². The number of amides is 9. The van der Waals surface area contributed by atoms with Gasteiger partial charge in [0.25, 0.3) is 0 Å². The number of ether oxygens (including phenoxy) is 2. The molecule has 1 aliphatic carbocycles. The zero-order valence-electron chi connectivity index (χ0n) is 50.2. The molecule has 22 heteroatoms. The van der Waals surface area contributed by atoms with Gasteiger partial charge in [-0.3, -0.25) is 38.4 Å². The Balaban J connectivity index is 1.14. The van der Waals surface area contributed by atoms with Crippen LogP contribution in [0.5, 0.6) is 5.75 Å². The molecule has 0 aliphatic heterocycles. The van der Waals surface area contributed by atoms with Crippen LogP contribution in [0.25, 0.3) is 0 Å². The molecule has 0 saturated heterocycles. The summed E-state index contributed by atoms with van der Waals surface area (Å²) in [5.41, 5.74) is 9.94. The first-order chi connectivity index (χ1) is 42.5. The van der Waals surface area contributed by atoms with E-state index in [1.807, 2.05) is 79.7 Å². The van der Waals surface area contributed by atoms with E-state index in [2.05, 4.69) is 54.7 Å². The number of nitrogens with one attached hydrogen (secondary N) is 8. The van der Waals surface area contributed by atoms with Crippen LogP contribution in [0.15, 0.2) is 146 Å². The van der Waals surface area contributed by atoms with Gasteiger partial charge < -0.3 is 57.7 Å². The van der Waals surface area contributed by atoms with Gasteiger partial charge in [-0.2, -0.15) is 11.8 Å². The van der Waals surface area contributed by atoms with Crippen molar-refractivity contribution < 1.29 is 52.6 Å². The largest absolute Gasteiger partial charge is 0.494 e. The van der Waals surface area contributed by atoms with Crippen molar-refractivity contribution in [3.63, 3.8) is 0 Å². The molecule has 470 valence electrons. The minimum Gasteiger partial charge on any atom is -0.494 e. The molecule has 0 radical (unpaired) electrons. The van der Waals surface area contributed by atoms with E-state index in [4.69, 9.17) is 15.2 Å². The molecule has 1 aliphatic rings. The summed E-state index contributed by atoms with van der Waals surface area (Å²) in [6, 6.07) is 38.2. The van der Waals surface area contributed by atoms with Crippen LogP contribution in [0.4, 0.5) is 4.79 Å². The summed E-state index contributed by atoms with van der Waals surface area (Å²) in [7, 11) is 0. The number of hydrogen-bond acceptors (Lipinski definition) is 13. The second-order valence-electron chi connectivity index (χ2n) is 21.9. The molecule has 1 fully saturated rings. The fourth-order valence-electron chi connectivity index (χ4n) is 9.87. The molecule has 6 rings (SSSR count). The maximum atomic E-state index is 14.8. The molecule has 0 spiro atoms. The molecular formula is C66H83N9O11S2. The van der Waals surface area contributed by atoms with Crippen LogP contribution in [-0.2, 0) is 74.0 Å². The maximum Gasteiger partial charge on any atom is 0.407 e. The van der Waals surface area contributed by atoms with Crippen molar-refractivity contribution in [3.05, 3.63) is 173 Å². The summed E-state index contributed by atoms with van der Waals surface area (Å²) in [6.45, 7) is 5.18. The molecule has 5 aromatic rings. The number of nitrogens with two attached hydrogens (primary N) is 1. The Bertz CT molecular complexity index is 3030. The lowest BCUT2D eigenvalue weighted by Gasteiger charge is -2.37. The third-order valence-corrected chi connectivity index (χ3v) is 17.3. The predicted molar refractivity (Wildman–Crippen MR) is 341 cm³/mol. The number of benzene rings is 5. The fraction of sp³-hybridized carbons (Fsp3) is 0.409. The van der Waals surface area contributed by atoms with Crippen molar-refractivity contribution in [1.82, 2.24) is 42.5 Å². The molecule has 9 amide bonds. The summed E-state index contributed by atoms with van der Waals surface area (Å²) in [5, 5.41) is 21.7. The predicted octanol–water partition coefficient (Wildman–Crippen LogP) is 5.94. The SMILES string of the molecule is CCOc1ccc(C[C@@H](NC(=O)CC2(SCc3ccccc3)CCCCC2)C(=O)N[C@@H](Cc2ccccc2)C(=O)N[C@H](C(=O)N[C@@H](CC(N)=O)C(=O)N[C@@H](CSCc2ccccc2)C(=O)NCCNC(=O)CNC(=O)OCc2ccccc2)C(C)C)cc1. The lowest BCUT2D eigenvalue weighted by molar-refractivity contribution is -0.136. The van der Waals surface area contributed by atoms with E-state index < -0.39 is 90.0 Å². The first kappa shape index (κ1) is 68.7. The zero-order valence-corrected chi connectivity index (χ0v) is 51.9. The Hall–Kier alpha value is -8.37. The molecule has 0 heterocycles. The normalized spacial score (nSPS) is 14.2. The Morgan fingerprint density at radius 1 is 0.523 bits per heavy atom. The van der Waals surface area contributed by atoms with Crippen molar-refractivity contribution >= 4 is 76.9 Å². The second kappa shape index (κ2) is 36.7. The summed E-state index contributed by atoms with van der Waals surface area (Å²) in [6.07, 6.45) is 3.52. The number of carbonyl (C=O) groups is 9. The molecule has 5 atom stereocenters. The lowest BCUT2D eigenvalue weighted by Crippen LogP contribution is -2.61. The number of rotatable bonds is 35. The van der Waals surface area contributed by atoms with Gasteiger partial charge in [0, 0.05) is 54.4 Å². The number of carbonyl (C=O) groups excluding carboxylic acids is 9. The van der Waals surface area contributed by atoms with Crippen molar-refractivity contribution in [2.45, 2.75) is 132 Å². The third kappa shape index (κ3) is 24.4. The number of hydrogen-bond donors (Lipinski definition) is 9. The topological polar surface area (TPSA) is 294 Å². The van der Waals surface area contributed by atoms with Crippen LogP contribution in [-0.4, -0.2) is 120 Å². The van der Waals surface area contributed by atoms with E-state index in [-0.39, 0.29) is 61.9 Å². The highest BCUT2D eigenvalue weighted by atomic mass is 32.2. The van der Waals surface area contributed by atoms with Crippen LogP contribution < -0.4 is 53.0 Å². The third-order valence-electron chi connectivity index (χ3n) is 14.5. The van der Waals surface area contributed by atoms with Gasteiger partial charge in [-0.25, -0.2) is 4.79 Å². The summed E-state index contributed by atoms with van der Waals surface area (Å²) in [4.78, 5) is 124. The quantitative estimate of drug-likeness (QED) is 0.0213. The van der Waals surface area contributed by atoms with Crippen molar-refractivity contribution in [1.29, 1.82) is 0 Å². The van der Waals surface area contributed by atoms with Crippen LogP contribution in [0.3, 0.4) is 0 Å². The molecule has 10 N–H and O–H groups in total.